The highest BCUT2D eigenvalue weighted by atomic mass is 16.3. The van der Waals surface area contributed by atoms with Crippen molar-refractivity contribution in [3.63, 3.8) is 0 Å². The second-order valence-electron chi connectivity index (χ2n) is 5.99. The molecule has 0 amide bonds. The number of hydrogen-bond donors (Lipinski definition) is 1. The molecule has 0 radical (unpaired) electrons. The van der Waals surface area contributed by atoms with Crippen LogP contribution in [-0.4, -0.2) is 10.7 Å². The molecule has 0 spiro atoms. The average Bonchev–Trinajstić information content (AvgIpc) is 1.99. The first-order chi connectivity index (χ1) is 6.35. The van der Waals surface area contributed by atoms with Gasteiger partial charge in [0.15, 0.2) is 0 Å². The summed E-state index contributed by atoms with van der Waals surface area (Å²) in [4.78, 5) is 0. The molecular formula is C13H26O. The summed E-state index contributed by atoms with van der Waals surface area (Å²) in [5.41, 5.74) is -0.398. The molecule has 0 aromatic rings. The highest BCUT2D eigenvalue weighted by Gasteiger charge is 2.41. The molecule has 3 unspecified atom stereocenters. The molecule has 1 N–H and O–H groups in total. The third kappa shape index (κ3) is 2.50. The molecule has 1 aliphatic rings. The van der Waals surface area contributed by atoms with Gasteiger partial charge in [-0.15, -0.1) is 0 Å². The van der Waals surface area contributed by atoms with E-state index in [0.29, 0.717) is 23.7 Å². The van der Waals surface area contributed by atoms with Crippen LogP contribution in [0.1, 0.15) is 53.9 Å². The largest absolute Gasteiger partial charge is 0.390 e. The van der Waals surface area contributed by atoms with Crippen molar-refractivity contribution in [2.75, 3.05) is 0 Å². The van der Waals surface area contributed by atoms with E-state index < -0.39 is 5.60 Å². The van der Waals surface area contributed by atoms with Crippen molar-refractivity contribution in [1.29, 1.82) is 0 Å². The summed E-state index contributed by atoms with van der Waals surface area (Å²) in [6.07, 6.45) is 3.28. The van der Waals surface area contributed by atoms with Gasteiger partial charge in [0.05, 0.1) is 5.60 Å². The Morgan fingerprint density at radius 3 is 1.86 bits per heavy atom. The standard InChI is InChI=1S/C13H26O/c1-9(2)12(5)13(14)7-10(3)6-11(4)8-13/h9-12,14H,6-8H2,1-5H3. The predicted molar refractivity (Wildman–Crippen MR) is 61.1 cm³/mol. The first kappa shape index (κ1) is 12.0. The number of rotatable bonds is 2. The van der Waals surface area contributed by atoms with Crippen molar-refractivity contribution >= 4 is 0 Å². The van der Waals surface area contributed by atoms with Crippen molar-refractivity contribution < 1.29 is 5.11 Å². The zero-order chi connectivity index (χ0) is 10.9. The van der Waals surface area contributed by atoms with Crippen molar-refractivity contribution in [3.8, 4) is 0 Å². The van der Waals surface area contributed by atoms with Crippen LogP contribution in [0.25, 0.3) is 0 Å². The van der Waals surface area contributed by atoms with Crippen LogP contribution in [0.3, 0.4) is 0 Å². The van der Waals surface area contributed by atoms with E-state index in [1.807, 2.05) is 0 Å². The molecule has 0 bridgehead atoms. The fourth-order valence-corrected chi connectivity index (χ4v) is 3.14. The Kier molecular flexibility index (Phi) is 3.63. The first-order valence-electron chi connectivity index (χ1n) is 6.07. The summed E-state index contributed by atoms with van der Waals surface area (Å²) in [5.74, 6) is 2.38. The van der Waals surface area contributed by atoms with Gasteiger partial charge in [0.2, 0.25) is 0 Å². The van der Waals surface area contributed by atoms with Crippen LogP contribution in [0.5, 0.6) is 0 Å². The average molecular weight is 198 g/mol. The monoisotopic (exact) mass is 198 g/mol. The van der Waals surface area contributed by atoms with Crippen LogP contribution in [-0.2, 0) is 0 Å². The van der Waals surface area contributed by atoms with Gasteiger partial charge in [-0.1, -0.05) is 34.6 Å². The minimum atomic E-state index is -0.398. The number of hydrogen-bond acceptors (Lipinski definition) is 1. The quantitative estimate of drug-likeness (QED) is 0.720. The van der Waals surface area contributed by atoms with Crippen LogP contribution in [0.15, 0.2) is 0 Å². The van der Waals surface area contributed by atoms with Crippen molar-refractivity contribution in [2.24, 2.45) is 23.7 Å². The molecular weight excluding hydrogens is 172 g/mol. The Balaban J connectivity index is 2.71. The molecule has 1 nitrogen and oxygen atoms in total. The Labute approximate surface area is 88.9 Å². The molecule has 1 fully saturated rings. The Hall–Kier alpha value is -0.0400. The molecule has 3 atom stereocenters. The minimum Gasteiger partial charge on any atom is -0.390 e. The van der Waals surface area contributed by atoms with Gasteiger partial charge in [0, 0.05) is 0 Å². The zero-order valence-electron chi connectivity index (χ0n) is 10.4. The minimum absolute atomic E-state index is 0.398. The molecule has 0 aromatic heterocycles. The van der Waals surface area contributed by atoms with Crippen molar-refractivity contribution in [1.82, 2.24) is 0 Å². The molecule has 84 valence electrons. The lowest BCUT2D eigenvalue weighted by molar-refractivity contribution is -0.0849. The maximum Gasteiger partial charge on any atom is 0.0680 e. The fraction of sp³-hybridized carbons (Fsp3) is 1.00. The van der Waals surface area contributed by atoms with Gasteiger partial charge in [-0.05, 0) is 42.9 Å². The summed E-state index contributed by atoms with van der Waals surface area (Å²) in [6, 6.07) is 0. The van der Waals surface area contributed by atoms with Crippen LogP contribution >= 0.6 is 0 Å². The zero-order valence-corrected chi connectivity index (χ0v) is 10.4. The van der Waals surface area contributed by atoms with Crippen molar-refractivity contribution in [2.45, 2.75) is 59.5 Å². The summed E-state index contributed by atoms with van der Waals surface area (Å²) in [7, 11) is 0. The molecule has 0 heterocycles. The maximum absolute atomic E-state index is 10.7. The van der Waals surface area contributed by atoms with Crippen LogP contribution in [0.2, 0.25) is 0 Å². The van der Waals surface area contributed by atoms with Gasteiger partial charge in [-0.2, -0.15) is 0 Å². The first-order valence-corrected chi connectivity index (χ1v) is 6.07. The molecule has 1 heteroatoms. The normalized spacial score (nSPS) is 41.4. The predicted octanol–water partition coefficient (Wildman–Crippen LogP) is 3.47. The molecule has 0 saturated heterocycles. The van der Waals surface area contributed by atoms with E-state index in [9.17, 15) is 5.11 Å². The van der Waals surface area contributed by atoms with E-state index in [-0.39, 0.29) is 0 Å². The van der Waals surface area contributed by atoms with Gasteiger partial charge in [0.1, 0.15) is 0 Å². The maximum atomic E-state index is 10.7. The van der Waals surface area contributed by atoms with E-state index in [4.69, 9.17) is 0 Å². The third-order valence-electron chi connectivity index (χ3n) is 4.06. The summed E-state index contributed by atoms with van der Waals surface area (Å²) >= 11 is 0. The third-order valence-corrected chi connectivity index (χ3v) is 4.06. The van der Waals surface area contributed by atoms with E-state index >= 15 is 0 Å². The topological polar surface area (TPSA) is 20.2 Å². The summed E-state index contributed by atoms with van der Waals surface area (Å²) < 4.78 is 0. The summed E-state index contributed by atoms with van der Waals surface area (Å²) in [5, 5.41) is 10.7. The van der Waals surface area contributed by atoms with Crippen LogP contribution in [0, 0.1) is 23.7 Å². The lowest BCUT2D eigenvalue weighted by Gasteiger charge is -2.44. The van der Waals surface area contributed by atoms with Gasteiger partial charge >= 0.3 is 0 Å². The van der Waals surface area contributed by atoms with E-state index in [1.165, 1.54) is 6.42 Å². The van der Waals surface area contributed by atoms with Crippen molar-refractivity contribution in [3.05, 3.63) is 0 Å². The van der Waals surface area contributed by atoms with Gasteiger partial charge in [-0.3, -0.25) is 0 Å². The second-order valence-corrected chi connectivity index (χ2v) is 5.99. The molecule has 1 aliphatic carbocycles. The molecule has 1 rings (SSSR count). The van der Waals surface area contributed by atoms with E-state index in [0.717, 1.165) is 12.8 Å². The second kappa shape index (κ2) is 4.22. The molecule has 0 aromatic carbocycles. The summed E-state index contributed by atoms with van der Waals surface area (Å²) in [6.45, 7) is 11.2. The highest BCUT2D eigenvalue weighted by Crippen LogP contribution is 2.42. The lowest BCUT2D eigenvalue weighted by Crippen LogP contribution is -2.45. The van der Waals surface area contributed by atoms with E-state index in [1.54, 1.807) is 0 Å². The Morgan fingerprint density at radius 2 is 1.50 bits per heavy atom. The van der Waals surface area contributed by atoms with Gasteiger partial charge in [0.25, 0.3) is 0 Å². The van der Waals surface area contributed by atoms with E-state index in [2.05, 4.69) is 34.6 Å². The highest BCUT2D eigenvalue weighted by molar-refractivity contribution is 4.92. The lowest BCUT2D eigenvalue weighted by atomic mass is 9.66. The SMILES string of the molecule is CC1CC(C)CC(O)(C(C)C(C)C)C1. The molecule has 14 heavy (non-hydrogen) atoms. The molecule has 0 aliphatic heterocycles. The van der Waals surface area contributed by atoms with Gasteiger partial charge < -0.3 is 5.11 Å². The Morgan fingerprint density at radius 1 is 1.07 bits per heavy atom. The number of aliphatic hydroxyl groups is 1. The smallest absolute Gasteiger partial charge is 0.0680 e. The van der Waals surface area contributed by atoms with Crippen LogP contribution in [0.4, 0.5) is 0 Å². The Bertz CT molecular complexity index is 176. The molecule has 1 saturated carbocycles. The van der Waals surface area contributed by atoms with Gasteiger partial charge in [-0.25, -0.2) is 0 Å². The van der Waals surface area contributed by atoms with Crippen LogP contribution < -0.4 is 0 Å². The fourth-order valence-electron chi connectivity index (χ4n) is 3.14.